The lowest BCUT2D eigenvalue weighted by Crippen LogP contribution is -2.43. The van der Waals surface area contributed by atoms with Gasteiger partial charge < -0.3 is 15.7 Å². The first-order chi connectivity index (χ1) is 11.5. The van der Waals surface area contributed by atoms with Crippen molar-refractivity contribution in [3.63, 3.8) is 0 Å². The van der Waals surface area contributed by atoms with E-state index < -0.39 is 12.0 Å². The lowest BCUT2D eigenvalue weighted by Gasteiger charge is -2.33. The summed E-state index contributed by atoms with van der Waals surface area (Å²) in [5, 5.41) is 9.14. The second kappa shape index (κ2) is 8.47. The number of nitrogens with two attached hydrogens (primary N) is 1. The Hall–Kier alpha value is -2.38. The molecule has 0 spiro atoms. The lowest BCUT2D eigenvalue weighted by atomic mass is 9.96. The van der Waals surface area contributed by atoms with Gasteiger partial charge in [0, 0.05) is 32.0 Å². The van der Waals surface area contributed by atoms with Crippen molar-refractivity contribution >= 4 is 17.9 Å². The molecule has 2 rings (SSSR count). The molecule has 0 atom stereocenters. The van der Waals surface area contributed by atoms with E-state index in [0.717, 1.165) is 55.2 Å². The van der Waals surface area contributed by atoms with Gasteiger partial charge >= 0.3 is 6.09 Å². The van der Waals surface area contributed by atoms with Crippen molar-refractivity contribution in [2.24, 2.45) is 11.7 Å². The first-order valence-corrected chi connectivity index (χ1v) is 8.31. The third kappa shape index (κ3) is 5.07. The Morgan fingerprint density at radius 1 is 1.33 bits per heavy atom. The monoisotopic (exact) mass is 335 g/mol. The topological polar surface area (TPSA) is 113 Å². The van der Waals surface area contributed by atoms with Crippen LogP contribution < -0.4 is 10.6 Å². The molecular formula is C16H25N5O3. The fraction of sp³-hybridized carbons (Fsp3) is 0.625. The smallest absolute Gasteiger partial charge is 0.407 e. The number of primary amides is 1. The first-order valence-electron chi connectivity index (χ1n) is 8.31. The summed E-state index contributed by atoms with van der Waals surface area (Å²) in [6.07, 6.45) is 6.36. The molecule has 1 aliphatic heterocycles. The molecule has 0 radical (unpaired) electrons. The number of hydrogen-bond donors (Lipinski definition) is 2. The number of rotatable bonds is 7. The lowest BCUT2D eigenvalue weighted by molar-refractivity contribution is -0.119. The number of piperidine rings is 1. The molecule has 0 aromatic carbocycles. The van der Waals surface area contributed by atoms with Gasteiger partial charge in [0.15, 0.2) is 0 Å². The predicted octanol–water partition coefficient (Wildman–Crippen LogP) is 1.11. The Labute approximate surface area is 141 Å². The number of nitrogens with zero attached hydrogens (tertiary/aromatic N) is 4. The van der Waals surface area contributed by atoms with E-state index in [2.05, 4.69) is 21.8 Å². The molecule has 24 heavy (non-hydrogen) atoms. The van der Waals surface area contributed by atoms with Crippen LogP contribution in [0.25, 0.3) is 0 Å². The Kier molecular flexibility index (Phi) is 6.34. The summed E-state index contributed by atoms with van der Waals surface area (Å²) >= 11 is 0. The van der Waals surface area contributed by atoms with E-state index in [1.807, 2.05) is 12.4 Å². The van der Waals surface area contributed by atoms with Crippen LogP contribution in [0.3, 0.4) is 0 Å². The average Bonchev–Trinajstić information content (AvgIpc) is 2.55. The summed E-state index contributed by atoms with van der Waals surface area (Å²) in [5.41, 5.74) is 6.24. The molecule has 132 valence electrons. The zero-order chi connectivity index (χ0) is 17.5. The Morgan fingerprint density at radius 3 is 2.46 bits per heavy atom. The third-order valence-corrected chi connectivity index (χ3v) is 4.22. The Balaban J connectivity index is 1.86. The quantitative estimate of drug-likeness (QED) is 0.772. The van der Waals surface area contributed by atoms with Crippen LogP contribution in [0, 0.1) is 5.92 Å². The minimum absolute atomic E-state index is 0.219. The Morgan fingerprint density at radius 2 is 1.96 bits per heavy atom. The number of aromatic nitrogens is 2. The summed E-state index contributed by atoms with van der Waals surface area (Å²) < 4.78 is 0. The van der Waals surface area contributed by atoms with E-state index in [-0.39, 0.29) is 12.5 Å². The summed E-state index contributed by atoms with van der Waals surface area (Å²) in [4.78, 5) is 34.2. The van der Waals surface area contributed by atoms with Crippen molar-refractivity contribution in [2.45, 2.75) is 32.6 Å². The zero-order valence-corrected chi connectivity index (χ0v) is 14.0. The third-order valence-electron chi connectivity index (χ3n) is 4.22. The van der Waals surface area contributed by atoms with Gasteiger partial charge in [-0.25, -0.2) is 14.8 Å². The molecule has 3 N–H and O–H groups in total. The predicted molar refractivity (Wildman–Crippen MR) is 89.8 cm³/mol. The molecule has 0 bridgehead atoms. The van der Waals surface area contributed by atoms with Gasteiger partial charge in [0.1, 0.15) is 6.54 Å². The molecule has 0 aliphatic carbocycles. The van der Waals surface area contributed by atoms with Gasteiger partial charge in [0.05, 0.1) is 0 Å². The fourth-order valence-electron chi connectivity index (χ4n) is 2.95. The number of hydrogen-bond acceptors (Lipinski definition) is 5. The van der Waals surface area contributed by atoms with Gasteiger partial charge in [0.2, 0.25) is 11.9 Å². The van der Waals surface area contributed by atoms with E-state index >= 15 is 0 Å². The average molecular weight is 335 g/mol. The van der Waals surface area contributed by atoms with Crippen LogP contribution in [0.2, 0.25) is 0 Å². The summed E-state index contributed by atoms with van der Waals surface area (Å²) in [6.45, 7) is 3.76. The Bertz CT molecular complexity index is 555. The molecule has 8 heteroatoms. The summed E-state index contributed by atoms with van der Waals surface area (Å²) in [7, 11) is 0. The highest BCUT2D eigenvalue weighted by molar-refractivity contribution is 5.80. The highest BCUT2D eigenvalue weighted by Crippen LogP contribution is 2.21. The maximum absolute atomic E-state index is 11.2. The summed E-state index contributed by atoms with van der Waals surface area (Å²) in [6, 6.07) is 0. The molecule has 2 heterocycles. The molecule has 1 saturated heterocycles. The second-order valence-corrected chi connectivity index (χ2v) is 6.20. The van der Waals surface area contributed by atoms with Crippen molar-refractivity contribution in [2.75, 3.05) is 31.1 Å². The molecule has 8 nitrogen and oxygen atoms in total. The van der Waals surface area contributed by atoms with E-state index in [1.165, 1.54) is 0 Å². The van der Waals surface area contributed by atoms with Gasteiger partial charge in [-0.2, -0.15) is 0 Å². The first kappa shape index (κ1) is 18.0. The highest BCUT2D eigenvalue weighted by atomic mass is 16.4. The molecule has 1 fully saturated rings. The number of aryl methyl sites for hydroxylation is 1. The van der Waals surface area contributed by atoms with Gasteiger partial charge in [-0.3, -0.25) is 9.69 Å². The normalized spacial score (nSPS) is 15.3. The molecular weight excluding hydrogens is 310 g/mol. The van der Waals surface area contributed by atoms with Gasteiger partial charge in [-0.15, -0.1) is 0 Å². The molecule has 0 saturated carbocycles. The van der Waals surface area contributed by atoms with Crippen LogP contribution in [0.1, 0.15) is 31.7 Å². The molecule has 2 amide bonds. The minimum atomic E-state index is -1.11. The maximum Gasteiger partial charge on any atom is 0.407 e. The van der Waals surface area contributed by atoms with Crippen LogP contribution in [0.4, 0.5) is 10.7 Å². The molecule has 1 aliphatic rings. The van der Waals surface area contributed by atoms with E-state index in [0.29, 0.717) is 6.54 Å². The highest BCUT2D eigenvalue weighted by Gasteiger charge is 2.25. The van der Waals surface area contributed by atoms with Crippen LogP contribution in [0.5, 0.6) is 0 Å². The van der Waals surface area contributed by atoms with Gasteiger partial charge in [-0.1, -0.05) is 13.3 Å². The van der Waals surface area contributed by atoms with Gasteiger partial charge in [0.25, 0.3) is 0 Å². The van der Waals surface area contributed by atoms with Crippen molar-refractivity contribution in [3.05, 3.63) is 18.0 Å². The second-order valence-electron chi connectivity index (χ2n) is 6.20. The SMILES string of the molecule is CCCc1cnc(N2CCC(CN(CC(N)=O)C(=O)O)CC2)nc1. The van der Waals surface area contributed by atoms with Crippen LogP contribution in [-0.4, -0.2) is 58.2 Å². The maximum atomic E-state index is 11.2. The number of anilines is 1. The zero-order valence-electron chi connectivity index (χ0n) is 14.0. The van der Waals surface area contributed by atoms with E-state index in [9.17, 15) is 9.59 Å². The van der Waals surface area contributed by atoms with Crippen molar-refractivity contribution in [1.29, 1.82) is 0 Å². The van der Waals surface area contributed by atoms with Crippen molar-refractivity contribution in [3.8, 4) is 0 Å². The number of carbonyl (C=O) groups excluding carboxylic acids is 1. The van der Waals surface area contributed by atoms with Gasteiger partial charge in [-0.05, 0) is 30.7 Å². The molecule has 1 aromatic rings. The van der Waals surface area contributed by atoms with Crippen LogP contribution in [0.15, 0.2) is 12.4 Å². The fourth-order valence-corrected chi connectivity index (χ4v) is 2.95. The number of carbonyl (C=O) groups is 2. The molecule has 0 unspecified atom stereocenters. The number of amides is 2. The largest absolute Gasteiger partial charge is 0.465 e. The van der Waals surface area contributed by atoms with Crippen LogP contribution in [-0.2, 0) is 11.2 Å². The molecule has 1 aromatic heterocycles. The van der Waals surface area contributed by atoms with Crippen molar-refractivity contribution in [1.82, 2.24) is 14.9 Å². The number of carboxylic acid groups (broad SMARTS) is 1. The summed E-state index contributed by atoms with van der Waals surface area (Å²) in [5.74, 6) is 0.312. The van der Waals surface area contributed by atoms with E-state index in [1.54, 1.807) is 0 Å². The van der Waals surface area contributed by atoms with E-state index in [4.69, 9.17) is 10.8 Å². The minimum Gasteiger partial charge on any atom is -0.465 e. The standard InChI is InChI=1S/C16H25N5O3/c1-2-3-13-8-18-15(19-9-13)20-6-4-12(5-7-20)10-21(16(23)24)11-14(17)22/h8-9,12H,2-7,10-11H2,1H3,(H2,17,22)(H,23,24). The van der Waals surface area contributed by atoms with Crippen molar-refractivity contribution < 1.29 is 14.7 Å². The van der Waals surface area contributed by atoms with Crippen LogP contribution >= 0.6 is 0 Å².